The third kappa shape index (κ3) is 7.27. The molecule has 0 aliphatic rings. The lowest BCUT2D eigenvalue weighted by atomic mass is 10.0. The number of nitrogens with zero attached hydrogens (tertiary/aromatic N) is 1. The van der Waals surface area contributed by atoms with Gasteiger partial charge in [0, 0.05) is 48.2 Å². The van der Waals surface area contributed by atoms with Crippen molar-refractivity contribution in [2.75, 3.05) is 18.5 Å². The van der Waals surface area contributed by atoms with Gasteiger partial charge in [0.15, 0.2) is 5.78 Å². The monoisotopic (exact) mass is 426 g/mol. The fourth-order valence-corrected chi connectivity index (χ4v) is 3.92. The van der Waals surface area contributed by atoms with Crippen LogP contribution < -0.4 is 5.32 Å². The summed E-state index contributed by atoms with van der Waals surface area (Å²) in [5, 5.41) is 3.44. The number of ketones is 1. The van der Waals surface area contributed by atoms with Crippen LogP contribution in [0.4, 0.5) is 5.69 Å². The van der Waals surface area contributed by atoms with Crippen LogP contribution in [0.5, 0.6) is 0 Å². The first-order valence-corrected chi connectivity index (χ1v) is 11.7. The number of unbranched alkanes of at least 4 members (excludes halogenated alkanes) is 3. The summed E-state index contributed by atoms with van der Waals surface area (Å²) in [6.45, 7) is 7.44. The van der Waals surface area contributed by atoms with E-state index in [4.69, 9.17) is 4.74 Å². The summed E-state index contributed by atoms with van der Waals surface area (Å²) in [5.41, 5.74) is 4.57. The highest BCUT2D eigenvalue weighted by atomic mass is 16.5. The van der Waals surface area contributed by atoms with Gasteiger partial charge in [0.2, 0.25) is 0 Å². The van der Waals surface area contributed by atoms with Crippen molar-refractivity contribution >= 4 is 17.4 Å². The van der Waals surface area contributed by atoms with Crippen molar-refractivity contribution in [3.05, 3.63) is 52.8 Å². The molecule has 0 saturated heterocycles. The zero-order chi connectivity index (χ0) is 22.6. The first kappa shape index (κ1) is 24.7. The molecular weight excluding hydrogens is 388 g/mol. The minimum absolute atomic E-state index is 0.0544. The molecule has 1 N–H and O–H groups in total. The number of carbonyl (C=O) groups excluding carboxylic acids is 2. The Balaban J connectivity index is 2.08. The maximum atomic E-state index is 13.3. The average molecular weight is 427 g/mol. The van der Waals surface area contributed by atoms with Gasteiger partial charge in [-0.25, -0.2) is 0 Å². The molecule has 31 heavy (non-hydrogen) atoms. The Morgan fingerprint density at radius 2 is 1.84 bits per heavy atom. The molecule has 2 rings (SSSR count). The summed E-state index contributed by atoms with van der Waals surface area (Å²) in [4.78, 5) is 24.9. The number of anilines is 1. The third-order valence-corrected chi connectivity index (χ3v) is 5.64. The SMILES string of the molecule is CCCCCCNc1cccc(C(=O)c2cc(CCCC(=O)OCC)n(C)c2CC)c1. The number of hydrogen-bond donors (Lipinski definition) is 1. The summed E-state index contributed by atoms with van der Waals surface area (Å²) >= 11 is 0. The zero-order valence-electron chi connectivity index (χ0n) is 19.6. The van der Waals surface area contributed by atoms with Crippen LogP contribution in [-0.4, -0.2) is 29.5 Å². The highest BCUT2D eigenvalue weighted by Crippen LogP contribution is 2.22. The summed E-state index contributed by atoms with van der Waals surface area (Å²) in [6.07, 6.45) is 7.49. The number of aromatic nitrogens is 1. The lowest BCUT2D eigenvalue weighted by Crippen LogP contribution is -2.08. The van der Waals surface area contributed by atoms with Gasteiger partial charge in [0.05, 0.1) is 6.61 Å². The first-order chi connectivity index (χ1) is 15.0. The van der Waals surface area contributed by atoms with Gasteiger partial charge in [-0.2, -0.15) is 0 Å². The van der Waals surface area contributed by atoms with Crippen LogP contribution in [0.3, 0.4) is 0 Å². The van der Waals surface area contributed by atoms with E-state index in [1.165, 1.54) is 19.3 Å². The molecule has 5 nitrogen and oxygen atoms in total. The average Bonchev–Trinajstić information content (AvgIpc) is 3.09. The number of esters is 1. The molecule has 0 fully saturated rings. The Bertz CT molecular complexity index is 854. The number of nitrogens with one attached hydrogen (secondary N) is 1. The van der Waals surface area contributed by atoms with E-state index in [2.05, 4.69) is 23.7 Å². The molecule has 0 unspecified atom stereocenters. The summed E-state index contributed by atoms with van der Waals surface area (Å²) in [7, 11) is 2.00. The third-order valence-electron chi connectivity index (χ3n) is 5.64. The molecule has 1 heterocycles. The molecule has 0 atom stereocenters. The lowest BCUT2D eigenvalue weighted by molar-refractivity contribution is -0.143. The van der Waals surface area contributed by atoms with Crippen molar-refractivity contribution in [1.82, 2.24) is 4.57 Å². The molecule has 0 saturated carbocycles. The Hall–Kier alpha value is -2.56. The van der Waals surface area contributed by atoms with E-state index in [0.717, 1.165) is 48.4 Å². The van der Waals surface area contributed by atoms with Crippen molar-refractivity contribution in [2.45, 2.75) is 72.1 Å². The molecule has 5 heteroatoms. The van der Waals surface area contributed by atoms with E-state index >= 15 is 0 Å². The Morgan fingerprint density at radius 1 is 1.03 bits per heavy atom. The van der Waals surface area contributed by atoms with Crippen LogP contribution in [0.15, 0.2) is 30.3 Å². The normalized spacial score (nSPS) is 10.8. The molecule has 0 spiro atoms. The van der Waals surface area contributed by atoms with Crippen LogP contribution in [0.25, 0.3) is 0 Å². The maximum Gasteiger partial charge on any atom is 0.305 e. The van der Waals surface area contributed by atoms with E-state index in [9.17, 15) is 9.59 Å². The number of carbonyl (C=O) groups is 2. The fourth-order valence-electron chi connectivity index (χ4n) is 3.92. The number of ether oxygens (including phenoxy) is 1. The largest absolute Gasteiger partial charge is 0.466 e. The molecular formula is C26H38N2O3. The molecule has 0 aliphatic carbocycles. The van der Waals surface area contributed by atoms with Crippen molar-refractivity contribution in [3.63, 3.8) is 0 Å². The predicted molar refractivity (Wildman–Crippen MR) is 127 cm³/mol. The Morgan fingerprint density at radius 3 is 2.55 bits per heavy atom. The van der Waals surface area contributed by atoms with E-state index < -0.39 is 0 Å². The van der Waals surface area contributed by atoms with Crippen molar-refractivity contribution in [2.24, 2.45) is 7.05 Å². The molecule has 1 aromatic heterocycles. The first-order valence-electron chi connectivity index (χ1n) is 11.7. The van der Waals surface area contributed by atoms with Crippen LogP contribution in [-0.2, 0) is 29.4 Å². The number of hydrogen-bond acceptors (Lipinski definition) is 4. The topological polar surface area (TPSA) is 60.3 Å². The second-order valence-electron chi connectivity index (χ2n) is 7.96. The van der Waals surface area contributed by atoms with E-state index in [0.29, 0.717) is 25.0 Å². The van der Waals surface area contributed by atoms with Gasteiger partial charge < -0.3 is 14.6 Å². The fraction of sp³-hybridized carbons (Fsp3) is 0.538. The summed E-state index contributed by atoms with van der Waals surface area (Å²) in [6, 6.07) is 9.79. The Kier molecular flexibility index (Phi) is 10.3. The van der Waals surface area contributed by atoms with Gasteiger partial charge in [-0.3, -0.25) is 9.59 Å². The van der Waals surface area contributed by atoms with Gasteiger partial charge in [-0.1, -0.05) is 45.2 Å². The molecule has 2 aromatic rings. The molecule has 170 valence electrons. The molecule has 1 aromatic carbocycles. The van der Waals surface area contributed by atoms with Gasteiger partial charge in [-0.05, 0) is 50.8 Å². The quantitative estimate of drug-likeness (QED) is 0.239. The number of aryl methyl sites for hydroxylation is 1. The van der Waals surface area contributed by atoms with E-state index in [1.54, 1.807) is 0 Å². The van der Waals surface area contributed by atoms with Crippen LogP contribution in [0, 0.1) is 0 Å². The summed E-state index contributed by atoms with van der Waals surface area (Å²) < 4.78 is 7.11. The van der Waals surface area contributed by atoms with Gasteiger partial charge in [-0.15, -0.1) is 0 Å². The van der Waals surface area contributed by atoms with Gasteiger partial charge in [0.1, 0.15) is 0 Å². The summed E-state index contributed by atoms with van der Waals surface area (Å²) in [5.74, 6) is -0.110. The minimum atomic E-state index is -0.164. The zero-order valence-corrected chi connectivity index (χ0v) is 19.6. The number of benzene rings is 1. The number of rotatable bonds is 14. The molecule has 0 bridgehead atoms. The van der Waals surface area contributed by atoms with Crippen LogP contribution >= 0.6 is 0 Å². The second kappa shape index (κ2) is 13.0. The second-order valence-corrected chi connectivity index (χ2v) is 7.96. The van der Waals surface area contributed by atoms with E-state index in [-0.39, 0.29) is 11.8 Å². The predicted octanol–water partition coefficient (Wildman–Crippen LogP) is 5.70. The smallest absolute Gasteiger partial charge is 0.305 e. The minimum Gasteiger partial charge on any atom is -0.466 e. The van der Waals surface area contributed by atoms with Gasteiger partial charge in [0.25, 0.3) is 0 Å². The molecule has 0 aliphatic heterocycles. The molecule has 0 amide bonds. The van der Waals surface area contributed by atoms with Gasteiger partial charge >= 0.3 is 5.97 Å². The van der Waals surface area contributed by atoms with Crippen LogP contribution in [0.1, 0.15) is 86.6 Å². The highest BCUT2D eigenvalue weighted by molar-refractivity contribution is 6.10. The van der Waals surface area contributed by atoms with E-state index in [1.807, 2.05) is 44.3 Å². The van der Waals surface area contributed by atoms with Crippen molar-refractivity contribution in [3.8, 4) is 0 Å². The standard InChI is InChI=1S/C26H38N2O3/c1-5-8-9-10-17-27-21-14-11-13-20(18-21)26(30)23-19-22(28(4)24(23)6-2)15-12-16-25(29)31-7-3/h11,13-14,18-19,27H,5-10,12,15-17H2,1-4H3. The lowest BCUT2D eigenvalue weighted by Gasteiger charge is -2.09. The van der Waals surface area contributed by atoms with Crippen molar-refractivity contribution < 1.29 is 14.3 Å². The highest BCUT2D eigenvalue weighted by Gasteiger charge is 2.19. The Labute approximate surface area is 187 Å². The molecule has 0 radical (unpaired) electrons. The maximum absolute atomic E-state index is 13.3. The van der Waals surface area contributed by atoms with Crippen molar-refractivity contribution in [1.29, 1.82) is 0 Å². The van der Waals surface area contributed by atoms with Crippen LogP contribution in [0.2, 0.25) is 0 Å².